The van der Waals surface area contributed by atoms with E-state index in [4.69, 9.17) is 9.98 Å². The maximum atomic E-state index is 4.90. The molecule has 0 saturated carbocycles. The number of halogens is 1. The molecule has 2 saturated heterocycles. The van der Waals surface area contributed by atoms with Gasteiger partial charge in [-0.1, -0.05) is 19.1 Å². The highest BCUT2D eigenvalue weighted by Gasteiger charge is 2.20. The number of hydrogen-bond acceptors (Lipinski definition) is 5. The number of hydrogen-bond donors (Lipinski definition) is 1. The lowest BCUT2D eigenvalue weighted by molar-refractivity contribution is 0.371. The van der Waals surface area contributed by atoms with Crippen molar-refractivity contribution in [3.8, 4) is 0 Å². The highest BCUT2D eigenvalue weighted by atomic mass is 127. The summed E-state index contributed by atoms with van der Waals surface area (Å²) in [6.45, 7) is 12.0. The fourth-order valence-electron chi connectivity index (χ4n) is 4.22. The first-order valence-corrected chi connectivity index (χ1v) is 11.6. The van der Waals surface area contributed by atoms with Gasteiger partial charge in [0.25, 0.3) is 0 Å². The molecule has 2 aromatic heterocycles. The summed E-state index contributed by atoms with van der Waals surface area (Å²) in [5, 5.41) is 3.46. The van der Waals surface area contributed by atoms with E-state index in [0.717, 1.165) is 74.9 Å². The summed E-state index contributed by atoms with van der Waals surface area (Å²) in [5.74, 6) is 3.97. The van der Waals surface area contributed by atoms with Crippen molar-refractivity contribution in [2.75, 3.05) is 55.6 Å². The minimum absolute atomic E-state index is 0. The number of pyridine rings is 2. The first-order valence-electron chi connectivity index (χ1n) is 11.6. The van der Waals surface area contributed by atoms with E-state index in [0.29, 0.717) is 6.54 Å². The number of nitrogens with one attached hydrogen (secondary N) is 1. The Morgan fingerprint density at radius 3 is 2.31 bits per heavy atom. The van der Waals surface area contributed by atoms with Crippen molar-refractivity contribution < 1.29 is 0 Å². The molecule has 0 bridgehead atoms. The molecule has 0 radical (unpaired) electrons. The number of anilines is 2. The number of aromatic nitrogens is 2. The van der Waals surface area contributed by atoms with Crippen molar-refractivity contribution >= 4 is 41.6 Å². The van der Waals surface area contributed by atoms with Crippen LogP contribution in [0.4, 0.5) is 11.6 Å². The molecule has 174 valence electrons. The second-order valence-corrected chi connectivity index (χ2v) is 8.53. The van der Waals surface area contributed by atoms with Crippen LogP contribution in [-0.2, 0) is 6.54 Å². The van der Waals surface area contributed by atoms with E-state index < -0.39 is 0 Å². The lowest BCUT2D eigenvalue weighted by Gasteiger charge is -2.37. The summed E-state index contributed by atoms with van der Waals surface area (Å²) in [7, 11) is 0. The average molecular weight is 550 g/mol. The van der Waals surface area contributed by atoms with Crippen LogP contribution in [0.2, 0.25) is 0 Å². The Hall–Kier alpha value is -2.10. The first-order chi connectivity index (χ1) is 15.2. The molecule has 4 rings (SSSR count). The summed E-state index contributed by atoms with van der Waals surface area (Å²) in [6.07, 6.45) is 6.36. The fraction of sp³-hybridized carbons (Fsp3) is 0.542. The summed E-state index contributed by atoms with van der Waals surface area (Å²) in [4.78, 5) is 21.2. The van der Waals surface area contributed by atoms with Gasteiger partial charge in [-0.15, -0.1) is 24.0 Å². The second-order valence-electron chi connectivity index (χ2n) is 8.53. The molecule has 2 fully saturated rings. The predicted molar refractivity (Wildman–Crippen MR) is 143 cm³/mol. The number of rotatable bonds is 5. The van der Waals surface area contributed by atoms with Gasteiger partial charge in [0, 0.05) is 58.2 Å². The molecular formula is C24H36IN7. The van der Waals surface area contributed by atoms with Crippen molar-refractivity contribution in [3.05, 3.63) is 48.3 Å². The van der Waals surface area contributed by atoms with Gasteiger partial charge in [0.05, 0.1) is 6.54 Å². The second kappa shape index (κ2) is 12.2. The van der Waals surface area contributed by atoms with Gasteiger partial charge in [-0.3, -0.25) is 0 Å². The normalized spacial score (nSPS) is 17.8. The summed E-state index contributed by atoms with van der Waals surface area (Å²) in [5.41, 5.74) is 1.15. The maximum absolute atomic E-state index is 4.90. The van der Waals surface area contributed by atoms with E-state index in [1.165, 1.54) is 12.8 Å². The van der Waals surface area contributed by atoms with Crippen LogP contribution in [0.5, 0.6) is 0 Å². The molecular weight excluding hydrogens is 513 g/mol. The third-order valence-corrected chi connectivity index (χ3v) is 6.22. The molecule has 4 heterocycles. The first kappa shape index (κ1) is 24.5. The molecule has 0 atom stereocenters. The van der Waals surface area contributed by atoms with Crippen LogP contribution < -0.4 is 15.1 Å². The van der Waals surface area contributed by atoms with Crippen molar-refractivity contribution in [2.24, 2.45) is 10.9 Å². The highest BCUT2D eigenvalue weighted by Crippen LogP contribution is 2.21. The van der Waals surface area contributed by atoms with Crippen LogP contribution in [-0.4, -0.2) is 66.6 Å². The van der Waals surface area contributed by atoms with Gasteiger partial charge < -0.3 is 20.0 Å². The average Bonchev–Trinajstić information content (AvgIpc) is 2.83. The van der Waals surface area contributed by atoms with Crippen LogP contribution in [0.1, 0.15) is 32.3 Å². The number of nitrogens with zero attached hydrogens (tertiary/aromatic N) is 6. The van der Waals surface area contributed by atoms with E-state index in [9.17, 15) is 0 Å². The number of aliphatic imine (C=N–C) groups is 1. The number of piperazine rings is 1. The van der Waals surface area contributed by atoms with E-state index in [1.807, 2.05) is 24.5 Å². The van der Waals surface area contributed by atoms with E-state index >= 15 is 0 Å². The molecule has 2 aromatic rings. The highest BCUT2D eigenvalue weighted by molar-refractivity contribution is 14.0. The Morgan fingerprint density at radius 2 is 1.69 bits per heavy atom. The zero-order valence-corrected chi connectivity index (χ0v) is 21.6. The van der Waals surface area contributed by atoms with E-state index in [-0.39, 0.29) is 24.0 Å². The van der Waals surface area contributed by atoms with Gasteiger partial charge in [-0.25, -0.2) is 15.0 Å². The standard InChI is InChI=1S/C24H35N7.HI/c1-3-25-24(31-16-14-30(15-17-31)22-6-4-5-11-26-22)28-19-21-7-8-23(27-18-21)29-12-9-20(2)10-13-29;/h4-8,11,18,20H,3,9-10,12-17,19H2,1-2H3,(H,25,28);1H. The zero-order valence-electron chi connectivity index (χ0n) is 19.3. The van der Waals surface area contributed by atoms with Crippen molar-refractivity contribution in [1.82, 2.24) is 20.2 Å². The van der Waals surface area contributed by atoms with Crippen LogP contribution >= 0.6 is 24.0 Å². The minimum atomic E-state index is 0. The third kappa shape index (κ3) is 6.46. The van der Waals surface area contributed by atoms with Crippen LogP contribution in [0.25, 0.3) is 0 Å². The van der Waals surface area contributed by atoms with Crippen molar-refractivity contribution in [2.45, 2.75) is 33.2 Å². The molecule has 1 N–H and O–H groups in total. The predicted octanol–water partition coefficient (Wildman–Crippen LogP) is 3.62. The summed E-state index contributed by atoms with van der Waals surface area (Å²) >= 11 is 0. The molecule has 7 nitrogen and oxygen atoms in total. The van der Waals surface area contributed by atoms with Crippen LogP contribution in [0.3, 0.4) is 0 Å². The fourth-order valence-corrected chi connectivity index (χ4v) is 4.22. The molecule has 0 spiro atoms. The molecule has 0 unspecified atom stereocenters. The largest absolute Gasteiger partial charge is 0.357 e. The third-order valence-electron chi connectivity index (χ3n) is 6.22. The summed E-state index contributed by atoms with van der Waals surface area (Å²) in [6, 6.07) is 10.4. The molecule has 0 aliphatic carbocycles. The van der Waals surface area contributed by atoms with Gasteiger partial charge in [0.1, 0.15) is 11.6 Å². The SMILES string of the molecule is CCNC(=NCc1ccc(N2CCC(C)CC2)nc1)N1CCN(c2ccccn2)CC1.I. The monoisotopic (exact) mass is 549 g/mol. The molecule has 0 amide bonds. The van der Waals surface area contributed by atoms with Gasteiger partial charge in [-0.2, -0.15) is 0 Å². The number of piperidine rings is 1. The zero-order chi connectivity index (χ0) is 21.5. The smallest absolute Gasteiger partial charge is 0.194 e. The van der Waals surface area contributed by atoms with E-state index in [2.05, 4.69) is 57.0 Å². The Balaban J connectivity index is 0.00000289. The van der Waals surface area contributed by atoms with Gasteiger partial charge in [0.2, 0.25) is 0 Å². The lowest BCUT2D eigenvalue weighted by Crippen LogP contribution is -2.52. The minimum Gasteiger partial charge on any atom is -0.357 e. The van der Waals surface area contributed by atoms with Gasteiger partial charge in [0.15, 0.2) is 5.96 Å². The molecule has 8 heteroatoms. The van der Waals surface area contributed by atoms with Crippen LogP contribution in [0.15, 0.2) is 47.7 Å². The van der Waals surface area contributed by atoms with Gasteiger partial charge in [-0.05, 0) is 49.4 Å². The molecule has 32 heavy (non-hydrogen) atoms. The Labute approximate surface area is 209 Å². The van der Waals surface area contributed by atoms with E-state index in [1.54, 1.807) is 0 Å². The lowest BCUT2D eigenvalue weighted by atomic mass is 9.99. The molecule has 2 aliphatic rings. The topological polar surface area (TPSA) is 59.9 Å². The van der Waals surface area contributed by atoms with Gasteiger partial charge >= 0.3 is 0 Å². The van der Waals surface area contributed by atoms with Crippen molar-refractivity contribution in [1.29, 1.82) is 0 Å². The molecule has 2 aliphatic heterocycles. The Kier molecular flexibility index (Phi) is 9.37. The quantitative estimate of drug-likeness (QED) is 0.350. The maximum Gasteiger partial charge on any atom is 0.194 e. The van der Waals surface area contributed by atoms with Crippen LogP contribution in [0, 0.1) is 5.92 Å². The molecule has 0 aromatic carbocycles. The summed E-state index contributed by atoms with van der Waals surface area (Å²) < 4.78 is 0. The Morgan fingerprint density at radius 1 is 0.969 bits per heavy atom. The Bertz CT molecular complexity index is 827. The number of guanidine groups is 1. The van der Waals surface area contributed by atoms with Crippen molar-refractivity contribution in [3.63, 3.8) is 0 Å².